The Morgan fingerprint density at radius 3 is 2.45 bits per heavy atom. The fraction of sp³-hybridized carbons (Fsp3) is 0.200. The summed E-state index contributed by atoms with van der Waals surface area (Å²) in [4.78, 5) is -0.0221. The fourth-order valence-corrected chi connectivity index (χ4v) is 3.18. The van der Waals surface area contributed by atoms with Gasteiger partial charge in [-0.1, -0.05) is 30.3 Å². The molecule has 5 heteroatoms. The summed E-state index contributed by atoms with van der Waals surface area (Å²) in [6.45, 7) is 3.74. The molecule has 0 amide bonds. The second kappa shape index (κ2) is 5.73. The van der Waals surface area contributed by atoms with E-state index in [2.05, 4.69) is 4.72 Å². The Hall–Kier alpha value is -1.72. The predicted molar refractivity (Wildman–Crippen MR) is 76.3 cm³/mol. The van der Waals surface area contributed by atoms with Gasteiger partial charge in [0, 0.05) is 6.54 Å². The topological polar surface area (TPSA) is 46.2 Å². The molecule has 1 N–H and O–H groups in total. The highest BCUT2D eigenvalue weighted by molar-refractivity contribution is 7.89. The SMILES string of the molecule is Cc1ccccc1CNS(=O)(=O)c1cc(F)ccc1C. The summed E-state index contributed by atoms with van der Waals surface area (Å²) in [5, 5.41) is 0. The van der Waals surface area contributed by atoms with Crippen LogP contribution in [0.5, 0.6) is 0 Å². The highest BCUT2D eigenvalue weighted by atomic mass is 32.2. The maximum Gasteiger partial charge on any atom is 0.241 e. The summed E-state index contributed by atoms with van der Waals surface area (Å²) >= 11 is 0. The van der Waals surface area contributed by atoms with Crippen LogP contribution in [0.1, 0.15) is 16.7 Å². The van der Waals surface area contributed by atoms with E-state index >= 15 is 0 Å². The number of hydrogen-bond acceptors (Lipinski definition) is 2. The molecule has 0 heterocycles. The van der Waals surface area contributed by atoms with Crippen LogP contribution in [0.25, 0.3) is 0 Å². The van der Waals surface area contributed by atoms with Gasteiger partial charge in [0.15, 0.2) is 0 Å². The molecule has 0 aromatic heterocycles. The van der Waals surface area contributed by atoms with Crippen LogP contribution in [0, 0.1) is 19.7 Å². The first kappa shape index (κ1) is 14.7. The van der Waals surface area contributed by atoms with Gasteiger partial charge in [-0.2, -0.15) is 0 Å². The Morgan fingerprint density at radius 2 is 1.75 bits per heavy atom. The summed E-state index contributed by atoms with van der Waals surface area (Å²) < 4.78 is 40.1. The largest absolute Gasteiger partial charge is 0.241 e. The first-order chi connectivity index (χ1) is 9.40. The lowest BCUT2D eigenvalue weighted by molar-refractivity contribution is 0.576. The van der Waals surface area contributed by atoms with Crippen molar-refractivity contribution < 1.29 is 12.8 Å². The molecule has 0 aliphatic rings. The molecule has 0 spiro atoms. The van der Waals surface area contributed by atoms with E-state index in [1.807, 2.05) is 31.2 Å². The normalized spacial score (nSPS) is 11.6. The van der Waals surface area contributed by atoms with E-state index in [1.54, 1.807) is 6.92 Å². The molecule has 0 saturated carbocycles. The maximum atomic E-state index is 13.2. The quantitative estimate of drug-likeness (QED) is 0.942. The average molecular weight is 293 g/mol. The highest BCUT2D eigenvalue weighted by Crippen LogP contribution is 2.17. The van der Waals surface area contributed by atoms with Gasteiger partial charge < -0.3 is 0 Å². The number of rotatable bonds is 4. The molecule has 0 bridgehead atoms. The standard InChI is InChI=1S/C15H16FNO2S/c1-11-5-3-4-6-13(11)10-17-20(18,19)15-9-14(16)8-7-12(15)2/h3-9,17H,10H2,1-2H3. The van der Waals surface area contributed by atoms with Gasteiger partial charge in [-0.15, -0.1) is 0 Å². The summed E-state index contributed by atoms with van der Waals surface area (Å²) in [6, 6.07) is 11.3. The van der Waals surface area contributed by atoms with Crippen molar-refractivity contribution in [2.45, 2.75) is 25.3 Å². The van der Waals surface area contributed by atoms with Crippen molar-refractivity contribution in [1.29, 1.82) is 0 Å². The minimum atomic E-state index is -3.72. The van der Waals surface area contributed by atoms with Crippen molar-refractivity contribution in [3.8, 4) is 0 Å². The first-order valence-electron chi connectivity index (χ1n) is 6.20. The third kappa shape index (κ3) is 3.23. The van der Waals surface area contributed by atoms with Gasteiger partial charge >= 0.3 is 0 Å². The molecule has 0 unspecified atom stereocenters. The summed E-state index contributed by atoms with van der Waals surface area (Å²) in [5.74, 6) is -0.563. The smallest absolute Gasteiger partial charge is 0.207 e. The van der Waals surface area contributed by atoms with Gasteiger partial charge in [0.1, 0.15) is 5.82 Å². The molecule has 0 saturated heterocycles. The third-order valence-electron chi connectivity index (χ3n) is 3.15. The molecule has 0 fully saturated rings. The van der Waals surface area contributed by atoms with E-state index in [4.69, 9.17) is 0 Å². The van der Waals surface area contributed by atoms with E-state index in [-0.39, 0.29) is 11.4 Å². The van der Waals surface area contributed by atoms with Gasteiger partial charge in [0.25, 0.3) is 0 Å². The van der Waals surface area contributed by atoms with E-state index in [1.165, 1.54) is 12.1 Å². The molecule has 2 aromatic rings. The van der Waals surface area contributed by atoms with Crippen LogP contribution >= 0.6 is 0 Å². The predicted octanol–water partition coefficient (Wildman–Crippen LogP) is 2.92. The Bertz CT molecular complexity index is 726. The first-order valence-corrected chi connectivity index (χ1v) is 7.69. The monoisotopic (exact) mass is 293 g/mol. The zero-order valence-corrected chi connectivity index (χ0v) is 12.2. The minimum absolute atomic E-state index is 0.0221. The van der Waals surface area contributed by atoms with Crippen LogP contribution < -0.4 is 4.72 Å². The molecule has 2 rings (SSSR count). The van der Waals surface area contributed by atoms with Crippen LogP contribution in [0.3, 0.4) is 0 Å². The Labute approximate surface area is 118 Å². The van der Waals surface area contributed by atoms with Crippen LogP contribution in [0.2, 0.25) is 0 Å². The molecular formula is C15H16FNO2S. The lowest BCUT2D eigenvalue weighted by Crippen LogP contribution is -2.24. The Balaban J connectivity index is 2.24. The van der Waals surface area contributed by atoms with Crippen molar-refractivity contribution in [1.82, 2.24) is 4.72 Å². The second-order valence-corrected chi connectivity index (χ2v) is 6.40. The average Bonchev–Trinajstić information content (AvgIpc) is 2.40. The fourth-order valence-electron chi connectivity index (χ4n) is 1.92. The van der Waals surface area contributed by atoms with Crippen LogP contribution in [-0.2, 0) is 16.6 Å². The van der Waals surface area contributed by atoms with Gasteiger partial charge in [0.05, 0.1) is 4.90 Å². The molecule has 0 aliphatic heterocycles. The van der Waals surface area contributed by atoms with Crippen molar-refractivity contribution in [3.05, 3.63) is 65.0 Å². The van der Waals surface area contributed by atoms with Crippen molar-refractivity contribution >= 4 is 10.0 Å². The van der Waals surface area contributed by atoms with E-state index < -0.39 is 15.8 Å². The van der Waals surface area contributed by atoms with Crippen molar-refractivity contribution in [2.75, 3.05) is 0 Å². The summed E-state index contributed by atoms with van der Waals surface area (Å²) in [7, 11) is -3.72. The second-order valence-electron chi connectivity index (χ2n) is 4.66. The Kier molecular flexibility index (Phi) is 4.20. The van der Waals surface area contributed by atoms with Crippen molar-refractivity contribution in [3.63, 3.8) is 0 Å². The van der Waals surface area contributed by atoms with Crippen LogP contribution in [-0.4, -0.2) is 8.42 Å². The Morgan fingerprint density at radius 1 is 1.05 bits per heavy atom. The summed E-state index contributed by atoms with van der Waals surface area (Å²) in [6.07, 6.45) is 0. The number of halogens is 1. The zero-order chi connectivity index (χ0) is 14.8. The molecule has 0 atom stereocenters. The molecule has 20 heavy (non-hydrogen) atoms. The number of benzene rings is 2. The summed E-state index contributed by atoms with van der Waals surface area (Å²) in [5.41, 5.74) is 2.42. The maximum absolute atomic E-state index is 13.2. The molecule has 0 aliphatic carbocycles. The molecular weight excluding hydrogens is 277 g/mol. The lowest BCUT2D eigenvalue weighted by atomic mass is 10.1. The molecule has 106 valence electrons. The minimum Gasteiger partial charge on any atom is -0.207 e. The van der Waals surface area contributed by atoms with Gasteiger partial charge in [-0.3, -0.25) is 0 Å². The third-order valence-corrected chi connectivity index (χ3v) is 4.70. The van der Waals surface area contributed by atoms with E-state index in [9.17, 15) is 12.8 Å². The molecule has 2 aromatic carbocycles. The molecule has 0 radical (unpaired) electrons. The number of nitrogens with one attached hydrogen (secondary N) is 1. The van der Waals surface area contributed by atoms with Gasteiger partial charge in [-0.25, -0.2) is 17.5 Å². The van der Waals surface area contributed by atoms with Crippen molar-refractivity contribution in [2.24, 2.45) is 0 Å². The van der Waals surface area contributed by atoms with Gasteiger partial charge in [0.2, 0.25) is 10.0 Å². The number of sulfonamides is 1. The molecule has 3 nitrogen and oxygen atoms in total. The number of hydrogen-bond donors (Lipinski definition) is 1. The zero-order valence-electron chi connectivity index (χ0n) is 11.4. The van der Waals surface area contributed by atoms with E-state index in [0.717, 1.165) is 17.2 Å². The lowest BCUT2D eigenvalue weighted by Gasteiger charge is -2.10. The van der Waals surface area contributed by atoms with Crippen LogP contribution in [0.15, 0.2) is 47.4 Å². The highest BCUT2D eigenvalue weighted by Gasteiger charge is 2.17. The van der Waals surface area contributed by atoms with Crippen LogP contribution in [0.4, 0.5) is 4.39 Å². The van der Waals surface area contributed by atoms with E-state index in [0.29, 0.717) is 5.56 Å². The van der Waals surface area contributed by atoms with Gasteiger partial charge in [-0.05, 0) is 42.7 Å². The number of aryl methyl sites for hydroxylation is 2.